The van der Waals surface area contributed by atoms with Gasteiger partial charge in [0.2, 0.25) is 0 Å². The van der Waals surface area contributed by atoms with Gasteiger partial charge in [-0.15, -0.1) is 4.73 Å². The Labute approximate surface area is 115 Å². The molecule has 1 aromatic carbocycles. The van der Waals surface area contributed by atoms with Crippen LogP contribution >= 0.6 is 11.8 Å². The molecule has 0 amide bonds. The van der Waals surface area contributed by atoms with Crippen molar-refractivity contribution in [1.82, 2.24) is 4.73 Å². The fraction of sp³-hybridized carbons (Fsp3) is 0.143. The first-order chi connectivity index (χ1) is 9.20. The van der Waals surface area contributed by atoms with Crippen LogP contribution in [0.15, 0.2) is 52.2 Å². The van der Waals surface area contributed by atoms with Crippen molar-refractivity contribution in [3.8, 4) is 5.40 Å². The Hall–Kier alpha value is -2.19. The predicted molar refractivity (Wildman–Crippen MR) is 73.6 cm³/mol. The van der Waals surface area contributed by atoms with Crippen LogP contribution in [0, 0.1) is 17.6 Å². The molecule has 0 unspecified atom stereocenters. The first-order valence-corrected chi connectivity index (χ1v) is 6.49. The van der Waals surface area contributed by atoms with E-state index in [4.69, 9.17) is 10.1 Å². The molecule has 0 atom stereocenters. The minimum Gasteiger partial charge on any atom is -0.406 e. The van der Waals surface area contributed by atoms with Gasteiger partial charge in [0.15, 0.2) is 0 Å². The average Bonchev–Trinajstić information content (AvgIpc) is 2.39. The van der Waals surface area contributed by atoms with Crippen LogP contribution in [0.25, 0.3) is 0 Å². The maximum absolute atomic E-state index is 11.9. The second kappa shape index (κ2) is 6.12. The van der Waals surface area contributed by atoms with E-state index in [0.717, 1.165) is 17.3 Å². The lowest BCUT2D eigenvalue weighted by atomic mass is 10.2. The average molecular weight is 272 g/mol. The number of rotatable bonds is 4. The van der Waals surface area contributed by atoms with E-state index in [1.165, 1.54) is 10.8 Å². The number of aromatic nitrogens is 1. The third-order valence-electron chi connectivity index (χ3n) is 2.50. The molecular formula is C14H12N2O2S. The summed E-state index contributed by atoms with van der Waals surface area (Å²) < 4.78 is 1.24. The summed E-state index contributed by atoms with van der Waals surface area (Å²) in [5, 5.41) is 10.5. The second-order valence-electron chi connectivity index (χ2n) is 3.92. The number of aryl methyl sites for hydroxylation is 1. The van der Waals surface area contributed by atoms with Crippen LogP contribution in [0.5, 0.6) is 0 Å². The van der Waals surface area contributed by atoms with E-state index < -0.39 is 0 Å². The van der Waals surface area contributed by atoms with Crippen LogP contribution in [0.3, 0.4) is 0 Å². The maximum Gasteiger partial charge on any atom is 0.284 e. The zero-order chi connectivity index (χ0) is 13.7. The maximum atomic E-state index is 11.9. The summed E-state index contributed by atoms with van der Waals surface area (Å²) in [7, 11) is 0. The molecule has 2 rings (SSSR count). The smallest absolute Gasteiger partial charge is 0.284 e. The first-order valence-electron chi connectivity index (χ1n) is 5.67. The molecule has 1 aromatic heterocycles. The molecular weight excluding hydrogens is 260 g/mol. The SMILES string of the molecule is Cc1cc(SC#N)cc(=O)n1OCc1ccccc1. The Morgan fingerprint density at radius 3 is 2.68 bits per heavy atom. The van der Waals surface area contributed by atoms with Gasteiger partial charge in [-0.05, 0) is 30.3 Å². The molecule has 0 aliphatic heterocycles. The standard InChI is InChI=1S/C14H12N2O2S/c1-11-7-13(19-10-15)8-14(17)16(11)18-9-12-5-3-2-4-6-12/h2-8H,9H2,1H3. The Balaban J connectivity index is 2.17. The largest absolute Gasteiger partial charge is 0.406 e. The van der Waals surface area contributed by atoms with Crippen molar-refractivity contribution >= 4 is 11.8 Å². The van der Waals surface area contributed by atoms with Gasteiger partial charge in [-0.25, -0.2) is 0 Å². The third kappa shape index (κ3) is 3.39. The van der Waals surface area contributed by atoms with Gasteiger partial charge in [0.25, 0.3) is 5.56 Å². The number of benzene rings is 1. The summed E-state index contributed by atoms with van der Waals surface area (Å²) in [6, 6.07) is 12.8. The molecule has 2 aromatic rings. The summed E-state index contributed by atoms with van der Waals surface area (Å²) in [6.07, 6.45) is 0. The molecule has 0 bridgehead atoms. The van der Waals surface area contributed by atoms with Crippen molar-refractivity contribution in [2.45, 2.75) is 18.4 Å². The number of nitrogens with zero attached hydrogens (tertiary/aromatic N) is 2. The lowest BCUT2D eigenvalue weighted by molar-refractivity contribution is 0.0841. The molecule has 0 saturated heterocycles. The number of hydrogen-bond acceptors (Lipinski definition) is 4. The second-order valence-corrected chi connectivity index (χ2v) is 4.78. The summed E-state index contributed by atoms with van der Waals surface area (Å²) >= 11 is 0.963. The van der Waals surface area contributed by atoms with Gasteiger partial charge in [0.05, 0.1) is 5.69 Å². The van der Waals surface area contributed by atoms with E-state index in [0.29, 0.717) is 17.2 Å². The lowest BCUT2D eigenvalue weighted by Crippen LogP contribution is -2.28. The Bertz CT molecular complexity index is 659. The molecule has 19 heavy (non-hydrogen) atoms. The highest BCUT2D eigenvalue weighted by Gasteiger charge is 2.05. The Morgan fingerprint density at radius 1 is 1.32 bits per heavy atom. The highest BCUT2D eigenvalue weighted by atomic mass is 32.2. The highest BCUT2D eigenvalue weighted by molar-refractivity contribution is 8.03. The molecule has 4 nitrogen and oxygen atoms in total. The van der Waals surface area contributed by atoms with Crippen LogP contribution in [0.2, 0.25) is 0 Å². The minimum atomic E-state index is -0.270. The van der Waals surface area contributed by atoms with Crippen molar-refractivity contribution in [3.63, 3.8) is 0 Å². The monoisotopic (exact) mass is 272 g/mol. The van der Waals surface area contributed by atoms with Gasteiger partial charge >= 0.3 is 0 Å². The minimum absolute atomic E-state index is 0.270. The number of thiocyanates is 1. The molecule has 0 aliphatic carbocycles. The number of thioether (sulfide) groups is 1. The quantitative estimate of drug-likeness (QED) is 0.633. The van der Waals surface area contributed by atoms with Gasteiger partial charge in [-0.2, -0.15) is 5.26 Å². The zero-order valence-electron chi connectivity index (χ0n) is 10.4. The molecule has 0 fully saturated rings. The van der Waals surface area contributed by atoms with Crippen molar-refractivity contribution in [1.29, 1.82) is 5.26 Å². The molecule has 0 N–H and O–H groups in total. The van der Waals surface area contributed by atoms with Crippen molar-refractivity contribution < 1.29 is 4.84 Å². The van der Waals surface area contributed by atoms with Crippen LogP contribution in [0.1, 0.15) is 11.3 Å². The van der Waals surface area contributed by atoms with E-state index in [1.54, 1.807) is 13.0 Å². The van der Waals surface area contributed by atoms with Gasteiger partial charge in [0.1, 0.15) is 12.0 Å². The number of nitriles is 1. The van der Waals surface area contributed by atoms with Crippen molar-refractivity contribution in [2.75, 3.05) is 0 Å². The summed E-state index contributed by atoms with van der Waals surface area (Å²) in [5.74, 6) is 0. The topological polar surface area (TPSA) is 55.0 Å². The molecule has 0 saturated carbocycles. The fourth-order valence-electron chi connectivity index (χ4n) is 1.65. The predicted octanol–water partition coefficient (Wildman–Crippen LogP) is 2.36. The van der Waals surface area contributed by atoms with Gasteiger partial charge in [0, 0.05) is 11.0 Å². The van der Waals surface area contributed by atoms with Crippen LogP contribution in [-0.4, -0.2) is 4.73 Å². The van der Waals surface area contributed by atoms with E-state index >= 15 is 0 Å². The lowest BCUT2D eigenvalue weighted by Gasteiger charge is -2.11. The summed E-state index contributed by atoms with van der Waals surface area (Å²) in [6.45, 7) is 2.10. The van der Waals surface area contributed by atoms with E-state index in [2.05, 4.69) is 0 Å². The number of pyridine rings is 1. The van der Waals surface area contributed by atoms with Crippen LogP contribution < -0.4 is 10.4 Å². The molecule has 1 heterocycles. The zero-order valence-corrected chi connectivity index (χ0v) is 11.2. The first kappa shape index (κ1) is 13.2. The van der Waals surface area contributed by atoms with Crippen LogP contribution in [-0.2, 0) is 6.61 Å². The normalized spacial score (nSPS) is 9.89. The van der Waals surface area contributed by atoms with Crippen molar-refractivity contribution in [3.05, 3.63) is 64.1 Å². The molecule has 96 valence electrons. The third-order valence-corrected chi connectivity index (χ3v) is 3.07. The molecule has 0 aliphatic rings. The Morgan fingerprint density at radius 2 is 2.05 bits per heavy atom. The van der Waals surface area contributed by atoms with E-state index in [1.807, 2.05) is 35.7 Å². The molecule has 0 spiro atoms. The highest BCUT2D eigenvalue weighted by Crippen LogP contribution is 2.15. The van der Waals surface area contributed by atoms with Gasteiger partial charge < -0.3 is 4.84 Å². The van der Waals surface area contributed by atoms with E-state index in [9.17, 15) is 4.79 Å². The van der Waals surface area contributed by atoms with Crippen molar-refractivity contribution in [2.24, 2.45) is 0 Å². The Kier molecular flexibility index (Phi) is 4.26. The van der Waals surface area contributed by atoms with E-state index in [-0.39, 0.29) is 5.56 Å². The van der Waals surface area contributed by atoms with Crippen LogP contribution in [0.4, 0.5) is 0 Å². The summed E-state index contributed by atoms with van der Waals surface area (Å²) in [4.78, 5) is 18.0. The molecule has 0 radical (unpaired) electrons. The number of hydrogen-bond donors (Lipinski definition) is 0. The van der Waals surface area contributed by atoms with Gasteiger partial charge in [-0.1, -0.05) is 30.3 Å². The molecule has 5 heteroatoms. The fourth-order valence-corrected chi connectivity index (χ4v) is 2.15. The summed E-state index contributed by atoms with van der Waals surface area (Å²) in [5.41, 5.74) is 1.39. The van der Waals surface area contributed by atoms with Gasteiger partial charge in [-0.3, -0.25) is 4.79 Å².